The van der Waals surface area contributed by atoms with Crippen molar-refractivity contribution in [2.24, 2.45) is 5.73 Å². The summed E-state index contributed by atoms with van der Waals surface area (Å²) in [5.74, 6) is 0.855. The molecule has 90 valence electrons. The molecule has 1 aromatic heterocycles. The lowest BCUT2D eigenvalue weighted by Gasteiger charge is -2.13. The standard InChI is InChI=1S/C13H16N2OS/c1-8-6-10(16-3)4-5-11(8)13(14)12-7-17-9(2)15-12/h4-7,13H,14H2,1-3H3. The molecule has 0 aliphatic carbocycles. The number of nitrogens with two attached hydrogens (primary N) is 1. The first kappa shape index (κ1) is 12.1. The first-order valence-corrected chi connectivity index (χ1v) is 6.32. The van der Waals surface area contributed by atoms with E-state index in [9.17, 15) is 0 Å². The van der Waals surface area contributed by atoms with Crippen molar-refractivity contribution >= 4 is 11.3 Å². The Morgan fingerprint density at radius 1 is 1.35 bits per heavy atom. The van der Waals surface area contributed by atoms with Crippen LogP contribution in [0.5, 0.6) is 5.75 Å². The summed E-state index contributed by atoms with van der Waals surface area (Å²) < 4.78 is 5.19. The highest BCUT2D eigenvalue weighted by atomic mass is 32.1. The van der Waals surface area contributed by atoms with Crippen LogP contribution in [-0.4, -0.2) is 12.1 Å². The Bertz CT molecular complexity index is 522. The van der Waals surface area contributed by atoms with Crippen molar-refractivity contribution in [1.82, 2.24) is 4.98 Å². The molecule has 0 aliphatic rings. The zero-order valence-electron chi connectivity index (χ0n) is 10.2. The lowest BCUT2D eigenvalue weighted by Crippen LogP contribution is -2.13. The number of thiazole rings is 1. The molecule has 0 fully saturated rings. The van der Waals surface area contributed by atoms with E-state index in [4.69, 9.17) is 10.5 Å². The lowest BCUT2D eigenvalue weighted by molar-refractivity contribution is 0.414. The van der Waals surface area contributed by atoms with E-state index in [1.165, 1.54) is 0 Å². The molecule has 2 rings (SSSR count). The number of aromatic nitrogens is 1. The van der Waals surface area contributed by atoms with E-state index in [0.29, 0.717) is 0 Å². The molecule has 0 bridgehead atoms. The molecule has 0 aliphatic heterocycles. The topological polar surface area (TPSA) is 48.1 Å². The maximum Gasteiger partial charge on any atom is 0.119 e. The molecule has 2 aromatic rings. The van der Waals surface area contributed by atoms with Crippen LogP contribution in [0.15, 0.2) is 23.6 Å². The number of ether oxygens (including phenoxy) is 1. The van der Waals surface area contributed by atoms with Crippen molar-refractivity contribution in [1.29, 1.82) is 0 Å². The number of benzene rings is 1. The van der Waals surface area contributed by atoms with Gasteiger partial charge < -0.3 is 10.5 Å². The van der Waals surface area contributed by atoms with Crippen LogP contribution in [-0.2, 0) is 0 Å². The predicted octanol–water partition coefficient (Wildman–Crippen LogP) is 2.82. The van der Waals surface area contributed by atoms with Crippen molar-refractivity contribution in [2.75, 3.05) is 7.11 Å². The minimum absolute atomic E-state index is 0.161. The largest absolute Gasteiger partial charge is 0.497 e. The minimum atomic E-state index is -0.161. The van der Waals surface area contributed by atoms with Crippen molar-refractivity contribution < 1.29 is 4.74 Å². The second-order valence-electron chi connectivity index (χ2n) is 3.99. The summed E-state index contributed by atoms with van der Waals surface area (Å²) in [7, 11) is 1.66. The van der Waals surface area contributed by atoms with Crippen LogP contribution in [0, 0.1) is 13.8 Å². The molecular formula is C13H16N2OS. The smallest absolute Gasteiger partial charge is 0.119 e. The number of rotatable bonds is 3. The molecule has 1 unspecified atom stereocenters. The van der Waals surface area contributed by atoms with E-state index in [1.54, 1.807) is 18.4 Å². The molecule has 0 saturated carbocycles. The lowest BCUT2D eigenvalue weighted by atomic mass is 10.00. The van der Waals surface area contributed by atoms with E-state index in [2.05, 4.69) is 4.98 Å². The fourth-order valence-electron chi connectivity index (χ4n) is 1.81. The van der Waals surface area contributed by atoms with Gasteiger partial charge in [0.15, 0.2) is 0 Å². The second kappa shape index (κ2) is 4.85. The van der Waals surface area contributed by atoms with E-state index in [0.717, 1.165) is 27.6 Å². The Labute approximate surface area is 105 Å². The summed E-state index contributed by atoms with van der Waals surface area (Å²) >= 11 is 1.63. The van der Waals surface area contributed by atoms with Crippen LogP contribution >= 0.6 is 11.3 Å². The Morgan fingerprint density at radius 2 is 2.12 bits per heavy atom. The van der Waals surface area contributed by atoms with E-state index in [1.807, 2.05) is 37.4 Å². The van der Waals surface area contributed by atoms with Crippen LogP contribution < -0.4 is 10.5 Å². The van der Waals surface area contributed by atoms with Crippen molar-refractivity contribution in [3.63, 3.8) is 0 Å². The molecule has 0 radical (unpaired) electrons. The minimum Gasteiger partial charge on any atom is -0.497 e. The van der Waals surface area contributed by atoms with E-state index >= 15 is 0 Å². The summed E-state index contributed by atoms with van der Waals surface area (Å²) in [6, 6.07) is 5.77. The maximum absolute atomic E-state index is 6.23. The van der Waals surface area contributed by atoms with E-state index < -0.39 is 0 Å². The van der Waals surface area contributed by atoms with Crippen molar-refractivity contribution in [2.45, 2.75) is 19.9 Å². The summed E-state index contributed by atoms with van der Waals surface area (Å²) in [4.78, 5) is 4.43. The summed E-state index contributed by atoms with van der Waals surface area (Å²) in [6.45, 7) is 4.03. The molecular weight excluding hydrogens is 232 g/mol. The molecule has 4 heteroatoms. The fraction of sp³-hybridized carbons (Fsp3) is 0.308. The number of aryl methyl sites for hydroxylation is 2. The van der Waals surface area contributed by atoms with Gasteiger partial charge in [0.2, 0.25) is 0 Å². The van der Waals surface area contributed by atoms with Crippen LogP contribution in [0.25, 0.3) is 0 Å². The van der Waals surface area contributed by atoms with Crippen LogP contribution in [0.3, 0.4) is 0 Å². The van der Waals surface area contributed by atoms with Gasteiger partial charge in [-0.3, -0.25) is 0 Å². The summed E-state index contributed by atoms with van der Waals surface area (Å²) in [5.41, 5.74) is 9.38. The zero-order valence-corrected chi connectivity index (χ0v) is 11.0. The highest BCUT2D eigenvalue weighted by Gasteiger charge is 2.14. The maximum atomic E-state index is 6.23. The molecule has 3 nitrogen and oxygen atoms in total. The van der Waals surface area contributed by atoms with Gasteiger partial charge in [-0.25, -0.2) is 4.98 Å². The molecule has 0 spiro atoms. The Hall–Kier alpha value is -1.39. The third kappa shape index (κ3) is 2.48. The third-order valence-electron chi connectivity index (χ3n) is 2.77. The van der Waals surface area contributed by atoms with Crippen molar-refractivity contribution in [3.05, 3.63) is 45.4 Å². The van der Waals surface area contributed by atoms with Gasteiger partial charge in [-0.1, -0.05) is 6.07 Å². The van der Waals surface area contributed by atoms with Crippen molar-refractivity contribution in [3.8, 4) is 5.75 Å². The van der Waals surface area contributed by atoms with Crippen LogP contribution in [0.2, 0.25) is 0 Å². The molecule has 1 heterocycles. The van der Waals surface area contributed by atoms with Gasteiger partial charge in [-0.2, -0.15) is 0 Å². The Morgan fingerprint density at radius 3 is 2.65 bits per heavy atom. The van der Waals surface area contributed by atoms with Gasteiger partial charge in [0.05, 0.1) is 23.9 Å². The molecule has 2 N–H and O–H groups in total. The predicted molar refractivity (Wildman–Crippen MR) is 70.6 cm³/mol. The molecule has 1 atom stereocenters. The summed E-state index contributed by atoms with van der Waals surface area (Å²) in [5, 5.41) is 3.06. The molecule has 0 saturated heterocycles. The molecule has 1 aromatic carbocycles. The zero-order chi connectivity index (χ0) is 12.4. The molecule has 17 heavy (non-hydrogen) atoms. The highest BCUT2D eigenvalue weighted by Crippen LogP contribution is 2.26. The first-order chi connectivity index (χ1) is 8.11. The van der Waals surface area contributed by atoms with Gasteiger partial charge in [0.1, 0.15) is 5.75 Å². The fourth-order valence-corrected chi connectivity index (χ4v) is 2.46. The average Bonchev–Trinajstić information content (AvgIpc) is 2.75. The van der Waals surface area contributed by atoms with Gasteiger partial charge in [0.25, 0.3) is 0 Å². The Kier molecular flexibility index (Phi) is 3.45. The first-order valence-electron chi connectivity index (χ1n) is 5.44. The van der Waals surface area contributed by atoms with Gasteiger partial charge in [-0.15, -0.1) is 11.3 Å². The number of hydrogen-bond acceptors (Lipinski definition) is 4. The summed E-state index contributed by atoms with van der Waals surface area (Å²) in [6.07, 6.45) is 0. The molecule has 0 amide bonds. The average molecular weight is 248 g/mol. The SMILES string of the molecule is COc1ccc(C(N)c2csc(C)n2)c(C)c1. The van der Waals surface area contributed by atoms with Gasteiger partial charge in [-0.05, 0) is 37.1 Å². The second-order valence-corrected chi connectivity index (χ2v) is 5.05. The van der Waals surface area contributed by atoms with Gasteiger partial charge in [0, 0.05) is 5.38 Å². The normalized spacial score (nSPS) is 12.5. The Balaban J connectivity index is 2.34. The quantitative estimate of drug-likeness (QED) is 0.908. The van der Waals surface area contributed by atoms with E-state index in [-0.39, 0.29) is 6.04 Å². The number of methoxy groups -OCH3 is 1. The van der Waals surface area contributed by atoms with Crippen LogP contribution in [0.4, 0.5) is 0 Å². The van der Waals surface area contributed by atoms with Gasteiger partial charge >= 0.3 is 0 Å². The highest BCUT2D eigenvalue weighted by molar-refractivity contribution is 7.09. The number of nitrogens with zero attached hydrogens (tertiary/aromatic N) is 1. The monoisotopic (exact) mass is 248 g/mol. The number of hydrogen-bond donors (Lipinski definition) is 1. The third-order valence-corrected chi connectivity index (χ3v) is 3.56. The van der Waals surface area contributed by atoms with Crippen LogP contribution in [0.1, 0.15) is 27.9 Å².